The summed E-state index contributed by atoms with van der Waals surface area (Å²) in [5, 5.41) is 14.6. The summed E-state index contributed by atoms with van der Waals surface area (Å²) in [6.45, 7) is 3.36. The number of aromatic amines is 1. The van der Waals surface area contributed by atoms with Gasteiger partial charge >= 0.3 is 6.18 Å². The van der Waals surface area contributed by atoms with E-state index in [1.807, 2.05) is 0 Å². The molecule has 0 bridgehead atoms. The molecule has 164 valence electrons. The molecule has 2 atom stereocenters. The summed E-state index contributed by atoms with van der Waals surface area (Å²) in [5.74, 6) is 0.533. The number of fused-ring (bicyclic) bond motifs is 2. The highest BCUT2D eigenvalue weighted by Crippen LogP contribution is 2.55. The van der Waals surface area contributed by atoms with Crippen LogP contribution in [-0.2, 0) is 5.41 Å². The number of pyridine rings is 1. The van der Waals surface area contributed by atoms with Crippen LogP contribution < -0.4 is 15.6 Å². The maximum atomic E-state index is 14.3. The Morgan fingerprint density at radius 3 is 2.58 bits per heavy atom. The highest BCUT2D eigenvalue weighted by Gasteiger charge is 2.63. The van der Waals surface area contributed by atoms with Crippen LogP contribution in [0.15, 0.2) is 53.3 Å². The van der Waals surface area contributed by atoms with Gasteiger partial charge in [0.05, 0.1) is 18.7 Å². The number of aliphatic hydroxyl groups is 1. The Kier molecular flexibility index (Phi) is 4.81. The summed E-state index contributed by atoms with van der Waals surface area (Å²) in [6.07, 6.45) is -5.40. The minimum atomic E-state index is -4.88. The molecule has 0 aliphatic heterocycles. The lowest BCUT2D eigenvalue weighted by molar-refractivity contribution is -0.275. The fourth-order valence-corrected chi connectivity index (χ4v) is 4.56. The molecular weight excluding hydrogens is 409 g/mol. The van der Waals surface area contributed by atoms with Gasteiger partial charge in [-0.25, -0.2) is 0 Å². The van der Waals surface area contributed by atoms with Gasteiger partial charge in [-0.1, -0.05) is 26.0 Å². The molecule has 31 heavy (non-hydrogen) atoms. The van der Waals surface area contributed by atoms with Crippen LogP contribution in [0, 0.1) is 0 Å². The molecule has 0 saturated carbocycles. The van der Waals surface area contributed by atoms with Crippen molar-refractivity contribution in [3.63, 3.8) is 0 Å². The van der Waals surface area contributed by atoms with Crippen molar-refractivity contribution in [2.45, 2.75) is 43.5 Å². The molecule has 0 spiro atoms. The van der Waals surface area contributed by atoms with Crippen molar-refractivity contribution in [1.29, 1.82) is 0 Å². The molecule has 0 radical (unpaired) electrons. The Balaban J connectivity index is 1.92. The third kappa shape index (κ3) is 3.44. The van der Waals surface area contributed by atoms with E-state index in [-0.39, 0.29) is 5.56 Å². The number of anilines is 1. The van der Waals surface area contributed by atoms with Crippen LogP contribution in [0.4, 0.5) is 18.9 Å². The zero-order valence-corrected chi connectivity index (χ0v) is 17.3. The molecule has 0 saturated heterocycles. The van der Waals surface area contributed by atoms with Crippen molar-refractivity contribution >= 4 is 16.6 Å². The van der Waals surface area contributed by atoms with Crippen molar-refractivity contribution in [1.82, 2.24) is 4.98 Å². The van der Waals surface area contributed by atoms with Crippen molar-refractivity contribution in [2.24, 2.45) is 0 Å². The van der Waals surface area contributed by atoms with Gasteiger partial charge < -0.3 is 20.1 Å². The molecule has 5 nitrogen and oxygen atoms in total. The molecule has 1 aromatic heterocycles. The minimum Gasteiger partial charge on any atom is -0.497 e. The normalized spacial score (nSPS) is 22.7. The highest BCUT2D eigenvalue weighted by atomic mass is 19.4. The molecule has 2 aromatic carbocycles. The number of hydrogen-bond donors (Lipinski definition) is 3. The number of H-pyrrole nitrogens is 1. The first-order valence-corrected chi connectivity index (χ1v) is 9.82. The maximum Gasteiger partial charge on any atom is 0.419 e. The average Bonchev–Trinajstić information content (AvgIpc) is 2.69. The van der Waals surface area contributed by atoms with Gasteiger partial charge in [-0.05, 0) is 53.3 Å². The molecular formula is C23H23F3N2O3. The van der Waals surface area contributed by atoms with E-state index in [1.54, 1.807) is 56.3 Å². The van der Waals surface area contributed by atoms with E-state index >= 15 is 0 Å². The lowest BCUT2D eigenvalue weighted by atomic mass is 9.63. The number of ether oxygens (including phenoxy) is 1. The Hall–Kier alpha value is -3.00. The van der Waals surface area contributed by atoms with Crippen LogP contribution in [0.3, 0.4) is 0 Å². The van der Waals surface area contributed by atoms with Crippen LogP contribution in [0.25, 0.3) is 10.9 Å². The molecule has 1 aliphatic rings. The van der Waals surface area contributed by atoms with Crippen LogP contribution in [-0.4, -0.2) is 29.0 Å². The first kappa shape index (κ1) is 21.2. The van der Waals surface area contributed by atoms with E-state index < -0.39 is 29.7 Å². The van der Waals surface area contributed by atoms with Gasteiger partial charge in [0.25, 0.3) is 0 Å². The molecule has 1 aliphatic carbocycles. The number of methoxy groups -OCH3 is 1. The van der Waals surface area contributed by atoms with Gasteiger partial charge in [-0.15, -0.1) is 0 Å². The predicted molar refractivity (Wildman–Crippen MR) is 113 cm³/mol. The molecule has 2 unspecified atom stereocenters. The number of aromatic nitrogens is 1. The molecule has 1 heterocycles. The monoisotopic (exact) mass is 432 g/mol. The second-order valence-electron chi connectivity index (χ2n) is 8.60. The van der Waals surface area contributed by atoms with E-state index in [0.29, 0.717) is 33.5 Å². The van der Waals surface area contributed by atoms with Gasteiger partial charge in [0.1, 0.15) is 5.75 Å². The van der Waals surface area contributed by atoms with E-state index in [1.165, 1.54) is 13.2 Å². The van der Waals surface area contributed by atoms with Gasteiger partial charge in [0.2, 0.25) is 5.56 Å². The number of nitrogens with one attached hydrogen (secondary N) is 2. The summed E-state index contributed by atoms with van der Waals surface area (Å²) in [6, 6.07) is 11.2. The van der Waals surface area contributed by atoms with Crippen molar-refractivity contribution < 1.29 is 23.0 Å². The lowest BCUT2D eigenvalue weighted by Crippen LogP contribution is -2.58. The number of hydrogen-bond acceptors (Lipinski definition) is 4. The van der Waals surface area contributed by atoms with E-state index in [4.69, 9.17) is 4.74 Å². The predicted octanol–water partition coefficient (Wildman–Crippen LogP) is 4.66. The van der Waals surface area contributed by atoms with Gasteiger partial charge in [-0.2, -0.15) is 13.2 Å². The quantitative estimate of drug-likeness (QED) is 0.563. The fourth-order valence-electron chi connectivity index (χ4n) is 4.56. The molecule has 8 heteroatoms. The second-order valence-corrected chi connectivity index (χ2v) is 8.60. The average molecular weight is 432 g/mol. The molecule has 4 rings (SSSR count). The number of alkyl halides is 3. The first-order valence-electron chi connectivity index (χ1n) is 9.82. The highest BCUT2D eigenvalue weighted by molar-refractivity contribution is 5.91. The van der Waals surface area contributed by atoms with Crippen molar-refractivity contribution in [3.05, 3.63) is 70.0 Å². The summed E-state index contributed by atoms with van der Waals surface area (Å²) in [4.78, 5) is 14.3. The van der Waals surface area contributed by atoms with Crippen molar-refractivity contribution in [2.75, 3.05) is 12.4 Å². The number of rotatable bonds is 3. The van der Waals surface area contributed by atoms with Gasteiger partial charge in [0, 0.05) is 17.1 Å². The number of halogens is 3. The summed E-state index contributed by atoms with van der Waals surface area (Å²) < 4.78 is 48.1. The van der Waals surface area contributed by atoms with Gasteiger partial charge in [-0.3, -0.25) is 4.79 Å². The SMILES string of the molecule is COc1ccc2c(c1)C(C)(C)CC(O)(C(F)(F)F)C2Nc1cccc2[nH]c(=O)ccc12. The third-order valence-electron chi connectivity index (χ3n) is 6.05. The van der Waals surface area contributed by atoms with E-state index in [9.17, 15) is 23.1 Å². The molecule has 3 N–H and O–H groups in total. The summed E-state index contributed by atoms with van der Waals surface area (Å²) in [7, 11) is 1.50. The van der Waals surface area contributed by atoms with E-state index in [2.05, 4.69) is 10.3 Å². The standard InChI is InChI=1S/C23H23F3N2O3/c1-21(2)12-22(30,23(24,25)26)20(14-8-7-13(31-3)11-16(14)21)28-18-6-4-5-17-15(18)9-10-19(29)27-17/h4-11,20,28,30H,12H2,1-3H3,(H,27,29). The van der Waals surface area contributed by atoms with Gasteiger partial charge in [0.15, 0.2) is 5.60 Å². The first-order chi connectivity index (χ1) is 14.5. The molecule has 0 fully saturated rings. The fraction of sp³-hybridized carbons (Fsp3) is 0.348. The second kappa shape index (κ2) is 7.02. The largest absolute Gasteiger partial charge is 0.497 e. The minimum absolute atomic E-state index is 0.312. The zero-order valence-electron chi connectivity index (χ0n) is 17.3. The Morgan fingerprint density at radius 2 is 1.90 bits per heavy atom. The van der Waals surface area contributed by atoms with E-state index in [0.717, 1.165) is 0 Å². The zero-order chi connectivity index (χ0) is 22.6. The van der Waals surface area contributed by atoms with Crippen LogP contribution in [0.5, 0.6) is 5.75 Å². The topological polar surface area (TPSA) is 74.3 Å². The van der Waals surface area contributed by atoms with Crippen LogP contribution >= 0.6 is 0 Å². The summed E-state index contributed by atoms with van der Waals surface area (Å²) >= 11 is 0. The Labute approximate surface area is 176 Å². The third-order valence-corrected chi connectivity index (χ3v) is 6.05. The van der Waals surface area contributed by atoms with Crippen molar-refractivity contribution in [3.8, 4) is 5.75 Å². The van der Waals surface area contributed by atoms with Crippen LogP contribution in [0.2, 0.25) is 0 Å². The van der Waals surface area contributed by atoms with Crippen LogP contribution in [0.1, 0.15) is 37.4 Å². The Morgan fingerprint density at radius 1 is 1.16 bits per heavy atom. The Bertz CT molecular complexity index is 1200. The number of benzene rings is 2. The summed E-state index contributed by atoms with van der Waals surface area (Å²) in [5.41, 5.74) is -2.39. The molecule has 3 aromatic rings. The molecule has 0 amide bonds. The maximum absolute atomic E-state index is 14.3. The lowest BCUT2D eigenvalue weighted by Gasteiger charge is -2.49. The smallest absolute Gasteiger partial charge is 0.419 e.